The summed E-state index contributed by atoms with van der Waals surface area (Å²) in [5.74, 6) is -0.291. The Kier molecular flexibility index (Phi) is 5.87. The van der Waals surface area contributed by atoms with E-state index in [2.05, 4.69) is 31.4 Å². The van der Waals surface area contributed by atoms with E-state index >= 15 is 0 Å². The average molecular weight is 376 g/mol. The summed E-state index contributed by atoms with van der Waals surface area (Å²) >= 11 is 6.00. The van der Waals surface area contributed by atoms with Crippen LogP contribution in [0.2, 0.25) is 5.02 Å². The molecule has 0 saturated heterocycles. The van der Waals surface area contributed by atoms with Crippen LogP contribution < -0.4 is 10.6 Å². The van der Waals surface area contributed by atoms with Crippen LogP contribution in [0.1, 0.15) is 33.3 Å². The van der Waals surface area contributed by atoms with Crippen molar-refractivity contribution >= 4 is 34.6 Å². The quantitative estimate of drug-likeness (QED) is 0.569. The third-order valence-electron chi connectivity index (χ3n) is 3.95. The molecule has 0 aliphatic carbocycles. The Morgan fingerprint density at radius 1 is 1.15 bits per heavy atom. The number of hydrogen-bond donors (Lipinski definition) is 2. The molecule has 0 saturated carbocycles. The van der Waals surface area contributed by atoms with Gasteiger partial charge in [0.05, 0.1) is 15.6 Å². The van der Waals surface area contributed by atoms with Crippen molar-refractivity contribution in [3.8, 4) is 0 Å². The van der Waals surface area contributed by atoms with Gasteiger partial charge in [0.15, 0.2) is 0 Å². The van der Waals surface area contributed by atoms with Crippen molar-refractivity contribution in [2.24, 2.45) is 0 Å². The fraction of sp³-hybridized carbons (Fsp3) is 0.316. The zero-order valence-electron chi connectivity index (χ0n) is 15.2. The maximum absolute atomic E-state index is 12.3. The highest BCUT2D eigenvalue weighted by atomic mass is 35.5. The van der Waals surface area contributed by atoms with E-state index < -0.39 is 11.0 Å². The lowest BCUT2D eigenvalue weighted by atomic mass is 9.87. The van der Waals surface area contributed by atoms with E-state index in [-0.39, 0.29) is 22.0 Å². The molecule has 0 aliphatic heterocycles. The average Bonchev–Trinajstić information content (AvgIpc) is 2.56. The highest BCUT2D eigenvalue weighted by Crippen LogP contribution is 2.27. The van der Waals surface area contributed by atoms with Crippen LogP contribution in [0.15, 0.2) is 42.5 Å². The fourth-order valence-corrected chi connectivity index (χ4v) is 2.56. The molecule has 26 heavy (non-hydrogen) atoms. The molecule has 1 amide bonds. The number of nitro benzene ring substituents is 1. The number of rotatable bonds is 5. The number of benzene rings is 2. The van der Waals surface area contributed by atoms with Crippen molar-refractivity contribution in [2.75, 3.05) is 10.6 Å². The van der Waals surface area contributed by atoms with Gasteiger partial charge in [-0.2, -0.15) is 0 Å². The van der Waals surface area contributed by atoms with Gasteiger partial charge in [0.2, 0.25) is 5.91 Å². The number of halogens is 1. The van der Waals surface area contributed by atoms with E-state index in [9.17, 15) is 14.9 Å². The minimum atomic E-state index is -0.539. The lowest BCUT2D eigenvalue weighted by Crippen LogP contribution is -2.32. The van der Waals surface area contributed by atoms with Gasteiger partial charge in [0.25, 0.3) is 5.69 Å². The van der Waals surface area contributed by atoms with Crippen molar-refractivity contribution in [3.63, 3.8) is 0 Å². The third kappa shape index (κ3) is 4.95. The topological polar surface area (TPSA) is 84.3 Å². The molecule has 1 atom stereocenters. The van der Waals surface area contributed by atoms with Gasteiger partial charge in [0, 0.05) is 17.8 Å². The van der Waals surface area contributed by atoms with Crippen LogP contribution in [0.5, 0.6) is 0 Å². The van der Waals surface area contributed by atoms with Gasteiger partial charge in [-0.25, -0.2) is 0 Å². The van der Waals surface area contributed by atoms with Gasteiger partial charge in [-0.05, 0) is 36.1 Å². The van der Waals surface area contributed by atoms with E-state index in [1.165, 1.54) is 23.8 Å². The minimum Gasteiger partial charge on any atom is -0.374 e. The summed E-state index contributed by atoms with van der Waals surface area (Å²) < 4.78 is 0. The van der Waals surface area contributed by atoms with Crippen LogP contribution in [-0.2, 0) is 10.2 Å². The molecule has 7 heteroatoms. The maximum Gasteiger partial charge on any atom is 0.271 e. The Morgan fingerprint density at radius 2 is 1.77 bits per heavy atom. The number of carbonyl (C=O) groups is 1. The highest BCUT2D eigenvalue weighted by molar-refractivity contribution is 6.34. The zero-order chi connectivity index (χ0) is 19.5. The summed E-state index contributed by atoms with van der Waals surface area (Å²) in [5.41, 5.74) is 2.30. The first-order chi connectivity index (χ1) is 12.1. The first-order valence-electron chi connectivity index (χ1n) is 8.20. The van der Waals surface area contributed by atoms with E-state index in [1.54, 1.807) is 6.92 Å². The molecule has 0 radical (unpaired) electrons. The Balaban J connectivity index is 2.02. The normalized spacial score (nSPS) is 12.3. The number of carbonyl (C=O) groups excluding carboxylic acids is 1. The van der Waals surface area contributed by atoms with Crippen LogP contribution in [0.25, 0.3) is 0 Å². The number of nitrogens with zero attached hydrogens (tertiary/aromatic N) is 1. The lowest BCUT2D eigenvalue weighted by Gasteiger charge is -2.20. The summed E-state index contributed by atoms with van der Waals surface area (Å²) in [6, 6.07) is 11.3. The van der Waals surface area contributed by atoms with Crippen LogP contribution >= 0.6 is 11.6 Å². The molecule has 0 aromatic heterocycles. The van der Waals surface area contributed by atoms with Crippen LogP contribution in [0.3, 0.4) is 0 Å². The Hall–Kier alpha value is -2.60. The first kappa shape index (κ1) is 19.7. The third-order valence-corrected chi connectivity index (χ3v) is 4.26. The number of nitro groups is 1. The van der Waals surface area contributed by atoms with Crippen molar-refractivity contribution < 1.29 is 9.72 Å². The molecule has 0 fully saturated rings. The molecular formula is C19H22ClN3O3. The van der Waals surface area contributed by atoms with Gasteiger partial charge >= 0.3 is 0 Å². The molecule has 2 aromatic rings. The van der Waals surface area contributed by atoms with Crippen molar-refractivity contribution in [1.82, 2.24) is 0 Å². The lowest BCUT2D eigenvalue weighted by molar-refractivity contribution is -0.384. The van der Waals surface area contributed by atoms with Gasteiger partial charge in [-0.3, -0.25) is 14.9 Å². The van der Waals surface area contributed by atoms with E-state index in [4.69, 9.17) is 11.6 Å². The molecule has 0 heterocycles. The second-order valence-corrected chi connectivity index (χ2v) is 7.51. The Morgan fingerprint density at radius 3 is 2.27 bits per heavy atom. The number of anilines is 2. The molecule has 0 bridgehead atoms. The van der Waals surface area contributed by atoms with Crippen LogP contribution in [-0.4, -0.2) is 16.9 Å². The smallest absolute Gasteiger partial charge is 0.271 e. The van der Waals surface area contributed by atoms with Crippen LogP contribution in [0.4, 0.5) is 17.1 Å². The van der Waals surface area contributed by atoms with E-state index in [1.807, 2.05) is 24.3 Å². The SMILES string of the molecule is CC(Nc1ccc(C(C)(C)C)cc1)C(=O)Nc1ccc([N+](=O)[O-])cc1Cl. The second kappa shape index (κ2) is 7.74. The molecule has 6 nitrogen and oxygen atoms in total. The molecule has 2 rings (SSSR count). The number of nitrogens with one attached hydrogen (secondary N) is 2. The minimum absolute atomic E-state index is 0.0637. The molecular weight excluding hydrogens is 354 g/mol. The Bertz CT molecular complexity index is 814. The second-order valence-electron chi connectivity index (χ2n) is 7.10. The highest BCUT2D eigenvalue weighted by Gasteiger charge is 2.17. The molecule has 2 N–H and O–H groups in total. The summed E-state index contributed by atoms with van der Waals surface area (Å²) in [7, 11) is 0. The summed E-state index contributed by atoms with van der Waals surface area (Å²) in [6.07, 6.45) is 0. The summed E-state index contributed by atoms with van der Waals surface area (Å²) in [4.78, 5) is 22.5. The van der Waals surface area contributed by atoms with Gasteiger partial charge in [-0.15, -0.1) is 0 Å². The molecule has 2 aromatic carbocycles. The maximum atomic E-state index is 12.3. The fourth-order valence-electron chi connectivity index (χ4n) is 2.34. The van der Waals surface area contributed by atoms with Crippen molar-refractivity contribution in [2.45, 2.75) is 39.2 Å². The molecule has 1 unspecified atom stereocenters. The predicted molar refractivity (Wildman–Crippen MR) is 105 cm³/mol. The van der Waals surface area contributed by atoms with Gasteiger partial charge < -0.3 is 10.6 Å². The molecule has 138 valence electrons. The summed E-state index contributed by atoms with van der Waals surface area (Å²) in [5, 5.41) is 16.7. The standard InChI is InChI=1S/C19H22ClN3O3/c1-12(21-14-7-5-13(6-8-14)19(2,3)4)18(24)22-17-10-9-15(23(25)26)11-16(17)20/h5-12,21H,1-4H3,(H,22,24). The number of non-ortho nitro benzene ring substituents is 1. The van der Waals surface area contributed by atoms with E-state index in [0.717, 1.165) is 5.69 Å². The van der Waals surface area contributed by atoms with E-state index in [0.29, 0.717) is 5.69 Å². The first-order valence-corrected chi connectivity index (χ1v) is 8.57. The molecule has 0 spiro atoms. The monoisotopic (exact) mass is 375 g/mol. The predicted octanol–water partition coefficient (Wildman–Crippen LogP) is 4.98. The molecule has 0 aliphatic rings. The number of hydrogen-bond acceptors (Lipinski definition) is 4. The van der Waals surface area contributed by atoms with Gasteiger partial charge in [0.1, 0.15) is 6.04 Å². The summed E-state index contributed by atoms with van der Waals surface area (Å²) in [6.45, 7) is 8.14. The number of amides is 1. The van der Waals surface area contributed by atoms with Crippen LogP contribution in [0, 0.1) is 10.1 Å². The Labute approximate surface area is 157 Å². The van der Waals surface area contributed by atoms with Crippen molar-refractivity contribution in [3.05, 3.63) is 63.2 Å². The zero-order valence-corrected chi connectivity index (χ0v) is 15.9. The van der Waals surface area contributed by atoms with Gasteiger partial charge in [-0.1, -0.05) is 44.5 Å². The largest absolute Gasteiger partial charge is 0.374 e. The van der Waals surface area contributed by atoms with Crippen molar-refractivity contribution in [1.29, 1.82) is 0 Å².